The molecular weight excluding hydrogens is 346 g/mol. The molecule has 0 radical (unpaired) electrons. The molecule has 6 heteroatoms. The molecule has 142 valence electrons. The van der Waals surface area contributed by atoms with Crippen molar-refractivity contribution >= 4 is 11.9 Å². The zero-order valence-corrected chi connectivity index (χ0v) is 15.0. The zero-order valence-electron chi connectivity index (χ0n) is 15.0. The van der Waals surface area contributed by atoms with E-state index in [0.717, 1.165) is 0 Å². The van der Waals surface area contributed by atoms with E-state index in [4.69, 9.17) is 9.47 Å². The third-order valence-electron chi connectivity index (χ3n) is 4.84. The minimum absolute atomic E-state index is 0.0476. The molecule has 2 N–H and O–H groups in total. The summed E-state index contributed by atoms with van der Waals surface area (Å²) >= 11 is 0. The van der Waals surface area contributed by atoms with E-state index < -0.39 is 17.5 Å². The number of rotatable bonds is 7. The summed E-state index contributed by atoms with van der Waals surface area (Å²) < 4.78 is 11.2. The quantitative estimate of drug-likeness (QED) is 0.784. The Labute approximate surface area is 158 Å². The Morgan fingerprint density at radius 3 is 2.22 bits per heavy atom. The predicted octanol–water partition coefficient (Wildman–Crippen LogP) is 2.80. The van der Waals surface area contributed by atoms with E-state index in [2.05, 4.69) is 5.32 Å². The standard InChI is InChI=1S/C21H23NO5/c23-19(22-15-21(20(24)25)11-13-26-14-12-21)18(16-7-3-1-4-8-16)27-17-9-5-2-6-10-17/h1-10,18H,11-15H2,(H,22,23)(H,24,25). The van der Waals surface area contributed by atoms with Gasteiger partial charge in [-0.3, -0.25) is 9.59 Å². The maximum atomic E-state index is 12.9. The third-order valence-corrected chi connectivity index (χ3v) is 4.84. The van der Waals surface area contributed by atoms with E-state index in [9.17, 15) is 14.7 Å². The van der Waals surface area contributed by atoms with Gasteiger partial charge in [-0.1, -0.05) is 48.5 Å². The van der Waals surface area contributed by atoms with Crippen LogP contribution in [-0.4, -0.2) is 36.7 Å². The van der Waals surface area contributed by atoms with Crippen LogP contribution in [0.1, 0.15) is 24.5 Å². The van der Waals surface area contributed by atoms with Crippen LogP contribution in [0.3, 0.4) is 0 Å². The number of para-hydroxylation sites is 1. The second-order valence-electron chi connectivity index (χ2n) is 6.64. The Morgan fingerprint density at radius 2 is 1.63 bits per heavy atom. The summed E-state index contributed by atoms with van der Waals surface area (Å²) in [6.07, 6.45) is -0.115. The summed E-state index contributed by atoms with van der Waals surface area (Å²) in [7, 11) is 0. The van der Waals surface area contributed by atoms with Gasteiger partial charge >= 0.3 is 5.97 Å². The first-order valence-corrected chi connectivity index (χ1v) is 8.96. The van der Waals surface area contributed by atoms with Gasteiger partial charge in [-0.2, -0.15) is 0 Å². The summed E-state index contributed by atoms with van der Waals surface area (Å²) in [4.78, 5) is 24.7. The number of benzene rings is 2. The molecule has 1 atom stereocenters. The number of amides is 1. The molecule has 1 saturated heterocycles. The lowest BCUT2D eigenvalue weighted by molar-refractivity contribution is -0.155. The minimum Gasteiger partial charge on any atom is -0.481 e. The Hall–Kier alpha value is -2.86. The minimum atomic E-state index is -0.998. The van der Waals surface area contributed by atoms with Gasteiger partial charge in [-0.05, 0) is 25.0 Å². The highest BCUT2D eigenvalue weighted by molar-refractivity contribution is 5.83. The van der Waals surface area contributed by atoms with Gasteiger partial charge in [0.2, 0.25) is 6.10 Å². The third kappa shape index (κ3) is 4.65. The fourth-order valence-corrected chi connectivity index (χ4v) is 3.11. The second-order valence-corrected chi connectivity index (χ2v) is 6.64. The molecule has 1 unspecified atom stereocenters. The van der Waals surface area contributed by atoms with Crippen LogP contribution >= 0.6 is 0 Å². The average molecular weight is 369 g/mol. The molecule has 2 aromatic carbocycles. The Bertz CT molecular complexity index is 757. The maximum absolute atomic E-state index is 12.9. The monoisotopic (exact) mass is 369 g/mol. The lowest BCUT2D eigenvalue weighted by Gasteiger charge is -2.33. The van der Waals surface area contributed by atoms with E-state index in [0.29, 0.717) is 37.4 Å². The largest absolute Gasteiger partial charge is 0.481 e. The van der Waals surface area contributed by atoms with Crippen LogP contribution in [0.4, 0.5) is 0 Å². The van der Waals surface area contributed by atoms with Crippen molar-refractivity contribution in [2.75, 3.05) is 19.8 Å². The van der Waals surface area contributed by atoms with E-state index >= 15 is 0 Å². The van der Waals surface area contributed by atoms with Crippen molar-refractivity contribution in [3.63, 3.8) is 0 Å². The molecule has 0 aromatic heterocycles. The first-order chi connectivity index (χ1) is 13.1. The number of carboxylic acid groups (broad SMARTS) is 1. The number of aliphatic carboxylic acids is 1. The highest BCUT2D eigenvalue weighted by atomic mass is 16.5. The van der Waals surface area contributed by atoms with Crippen molar-refractivity contribution in [3.8, 4) is 5.75 Å². The summed E-state index contributed by atoms with van der Waals surface area (Å²) in [6.45, 7) is 0.807. The fraction of sp³-hybridized carbons (Fsp3) is 0.333. The molecule has 3 rings (SSSR count). The summed E-state index contributed by atoms with van der Waals surface area (Å²) in [6, 6.07) is 18.2. The lowest BCUT2D eigenvalue weighted by Crippen LogP contribution is -2.47. The van der Waals surface area contributed by atoms with Gasteiger partial charge in [-0.25, -0.2) is 0 Å². The summed E-state index contributed by atoms with van der Waals surface area (Å²) in [5.74, 6) is -0.705. The number of hydrogen-bond acceptors (Lipinski definition) is 4. The van der Waals surface area contributed by atoms with Crippen molar-refractivity contribution in [1.29, 1.82) is 0 Å². The van der Waals surface area contributed by atoms with E-state index in [1.807, 2.05) is 48.5 Å². The number of nitrogens with one attached hydrogen (secondary N) is 1. The van der Waals surface area contributed by atoms with E-state index in [1.54, 1.807) is 12.1 Å². The first kappa shape index (κ1) is 18.9. The van der Waals surface area contributed by atoms with Crippen LogP contribution < -0.4 is 10.1 Å². The SMILES string of the molecule is O=C(NCC1(C(=O)O)CCOCC1)C(Oc1ccccc1)c1ccccc1. The topological polar surface area (TPSA) is 84.9 Å². The van der Waals surface area contributed by atoms with Gasteiger partial charge in [0, 0.05) is 25.3 Å². The zero-order chi connectivity index (χ0) is 19.1. The lowest BCUT2D eigenvalue weighted by atomic mass is 9.80. The van der Waals surface area contributed by atoms with Crippen LogP contribution in [0.25, 0.3) is 0 Å². The van der Waals surface area contributed by atoms with Gasteiger partial charge in [0.25, 0.3) is 5.91 Å². The van der Waals surface area contributed by atoms with Gasteiger partial charge in [-0.15, -0.1) is 0 Å². The molecule has 1 amide bonds. The van der Waals surface area contributed by atoms with Crippen LogP contribution in [0.5, 0.6) is 5.75 Å². The molecular formula is C21H23NO5. The van der Waals surface area contributed by atoms with Crippen molar-refractivity contribution in [2.24, 2.45) is 5.41 Å². The summed E-state index contributed by atoms with van der Waals surface area (Å²) in [5.41, 5.74) is -0.294. The van der Waals surface area contributed by atoms with Gasteiger partial charge in [0.15, 0.2) is 0 Å². The van der Waals surface area contributed by atoms with Crippen molar-refractivity contribution in [3.05, 3.63) is 66.2 Å². The Kier molecular flexibility index (Phi) is 6.08. The first-order valence-electron chi connectivity index (χ1n) is 8.96. The Morgan fingerprint density at radius 1 is 1.04 bits per heavy atom. The van der Waals surface area contributed by atoms with Crippen LogP contribution in [-0.2, 0) is 14.3 Å². The fourth-order valence-electron chi connectivity index (χ4n) is 3.11. The highest BCUT2D eigenvalue weighted by Gasteiger charge is 2.41. The van der Waals surface area contributed by atoms with Crippen LogP contribution in [0.2, 0.25) is 0 Å². The average Bonchev–Trinajstić information content (AvgIpc) is 2.72. The van der Waals surface area contributed by atoms with E-state index in [1.165, 1.54) is 0 Å². The molecule has 0 saturated carbocycles. The normalized spacial score (nSPS) is 16.9. The molecule has 0 spiro atoms. The molecule has 1 aliphatic rings. The van der Waals surface area contributed by atoms with Crippen molar-refractivity contribution in [2.45, 2.75) is 18.9 Å². The molecule has 27 heavy (non-hydrogen) atoms. The van der Waals surface area contributed by atoms with Gasteiger partial charge in [0.1, 0.15) is 5.75 Å². The molecule has 0 aliphatic carbocycles. The second kappa shape index (κ2) is 8.68. The number of carbonyl (C=O) groups is 2. The predicted molar refractivity (Wildman–Crippen MR) is 99.4 cm³/mol. The van der Waals surface area contributed by atoms with Gasteiger partial charge in [0.05, 0.1) is 5.41 Å². The van der Waals surface area contributed by atoms with Crippen LogP contribution in [0, 0.1) is 5.41 Å². The number of carbonyl (C=O) groups excluding carboxylic acids is 1. The summed E-state index contributed by atoms with van der Waals surface area (Å²) in [5, 5.41) is 12.4. The highest BCUT2D eigenvalue weighted by Crippen LogP contribution is 2.30. The number of hydrogen-bond donors (Lipinski definition) is 2. The molecule has 6 nitrogen and oxygen atoms in total. The molecule has 1 heterocycles. The van der Waals surface area contributed by atoms with E-state index in [-0.39, 0.29) is 12.5 Å². The number of carboxylic acids is 1. The molecule has 0 bridgehead atoms. The Balaban J connectivity index is 1.75. The molecule has 1 aliphatic heterocycles. The smallest absolute Gasteiger partial charge is 0.311 e. The van der Waals surface area contributed by atoms with Gasteiger partial charge < -0.3 is 19.9 Å². The molecule has 2 aromatic rings. The molecule has 1 fully saturated rings. The van der Waals surface area contributed by atoms with Crippen molar-refractivity contribution in [1.82, 2.24) is 5.32 Å². The van der Waals surface area contributed by atoms with Crippen molar-refractivity contribution < 1.29 is 24.2 Å². The number of ether oxygens (including phenoxy) is 2. The van der Waals surface area contributed by atoms with Crippen LogP contribution in [0.15, 0.2) is 60.7 Å². The maximum Gasteiger partial charge on any atom is 0.311 e.